The van der Waals surface area contributed by atoms with E-state index in [1.807, 2.05) is 6.92 Å². The number of fused-ring (bicyclic) bond motifs is 1. The molecule has 6 nitrogen and oxygen atoms in total. The van der Waals surface area contributed by atoms with Gasteiger partial charge >= 0.3 is 0 Å². The lowest BCUT2D eigenvalue weighted by atomic mass is 10.1. The predicted molar refractivity (Wildman–Crippen MR) is 114 cm³/mol. The van der Waals surface area contributed by atoms with E-state index >= 15 is 0 Å². The van der Waals surface area contributed by atoms with Crippen LogP contribution in [0.15, 0.2) is 47.8 Å². The summed E-state index contributed by atoms with van der Waals surface area (Å²) in [5, 5.41) is 8.70. The highest BCUT2D eigenvalue weighted by Crippen LogP contribution is 2.32. The van der Waals surface area contributed by atoms with Gasteiger partial charge in [-0.1, -0.05) is 19.9 Å². The lowest BCUT2D eigenvalue weighted by Gasteiger charge is -2.17. The number of anilines is 1. The van der Waals surface area contributed by atoms with Crippen molar-refractivity contribution >= 4 is 23.1 Å². The molecule has 7 heteroatoms. The lowest BCUT2D eigenvalue weighted by Crippen LogP contribution is -2.34. The molecule has 0 spiro atoms. The van der Waals surface area contributed by atoms with Gasteiger partial charge in [0.05, 0.1) is 5.57 Å². The Balaban J connectivity index is 2.02. The average molecular weight is 400 g/mol. The maximum absolute atomic E-state index is 13.6. The van der Waals surface area contributed by atoms with E-state index < -0.39 is 5.82 Å². The third-order valence-electron chi connectivity index (χ3n) is 4.69. The Hall–Kier alpha value is -2.93. The largest absolute Gasteiger partial charge is 0.359 e. The molecular weight excluding hydrogens is 371 g/mol. The number of rotatable bonds is 9. The quantitative estimate of drug-likeness (QED) is 0.557. The zero-order valence-electron chi connectivity index (χ0n) is 17.4. The fourth-order valence-electron chi connectivity index (χ4n) is 3.04. The van der Waals surface area contributed by atoms with Crippen LogP contribution in [0.2, 0.25) is 0 Å². The number of carbonyl (C=O) groups excluding carboxylic acids is 2. The van der Waals surface area contributed by atoms with Gasteiger partial charge in [0, 0.05) is 41.8 Å². The first-order chi connectivity index (χ1) is 13.9. The molecule has 156 valence electrons. The molecule has 0 unspecified atom stereocenters. The summed E-state index contributed by atoms with van der Waals surface area (Å²) in [5.74, 6) is -0.877. The van der Waals surface area contributed by atoms with Crippen molar-refractivity contribution in [1.82, 2.24) is 15.5 Å². The molecule has 0 bridgehead atoms. The van der Waals surface area contributed by atoms with Crippen LogP contribution in [0.5, 0.6) is 0 Å². The van der Waals surface area contributed by atoms with E-state index in [4.69, 9.17) is 0 Å². The Morgan fingerprint density at radius 2 is 2.00 bits per heavy atom. The van der Waals surface area contributed by atoms with Crippen molar-refractivity contribution in [3.8, 4) is 0 Å². The highest BCUT2D eigenvalue weighted by atomic mass is 19.1. The van der Waals surface area contributed by atoms with Gasteiger partial charge < -0.3 is 20.9 Å². The summed E-state index contributed by atoms with van der Waals surface area (Å²) < 4.78 is 13.6. The molecule has 0 aliphatic carbocycles. The van der Waals surface area contributed by atoms with Crippen LogP contribution < -0.4 is 16.0 Å². The number of likely N-dealkylation sites (N-methyl/N-ethyl adjacent to an activating group) is 1. The summed E-state index contributed by atoms with van der Waals surface area (Å²) in [6.45, 7) is 11.0. The first-order valence-corrected chi connectivity index (χ1v) is 9.82. The van der Waals surface area contributed by atoms with Gasteiger partial charge in [-0.3, -0.25) is 9.59 Å². The number of benzene rings is 1. The standard InChI is InChI=1S/C22H29FN4O2/c1-5-17(14-19-18-13-16(23)8-9-20(18)26-22(19)29)25-15(4)12-21(28)24-10-11-27(6-2)7-3/h5,8-9,12-14,25H,6-7,10-11H2,1-4H3,(H,24,28)(H,26,29)/b15-12+,17-5+,19-14-. The first kappa shape index (κ1) is 22.4. The summed E-state index contributed by atoms with van der Waals surface area (Å²) in [4.78, 5) is 26.6. The highest BCUT2D eigenvalue weighted by Gasteiger charge is 2.24. The minimum Gasteiger partial charge on any atom is -0.359 e. The summed E-state index contributed by atoms with van der Waals surface area (Å²) in [5.41, 5.74) is 2.74. The van der Waals surface area contributed by atoms with Crippen molar-refractivity contribution in [2.24, 2.45) is 0 Å². The first-order valence-electron chi connectivity index (χ1n) is 9.82. The van der Waals surface area contributed by atoms with Gasteiger partial charge in [-0.2, -0.15) is 0 Å². The number of hydrogen-bond acceptors (Lipinski definition) is 4. The Morgan fingerprint density at radius 3 is 2.66 bits per heavy atom. The van der Waals surface area contributed by atoms with Gasteiger partial charge in [0.2, 0.25) is 5.91 Å². The van der Waals surface area contributed by atoms with Crippen LogP contribution in [0.4, 0.5) is 10.1 Å². The number of hydrogen-bond donors (Lipinski definition) is 3. The van der Waals surface area contributed by atoms with Crippen molar-refractivity contribution in [1.29, 1.82) is 0 Å². The fourth-order valence-corrected chi connectivity index (χ4v) is 3.04. The topological polar surface area (TPSA) is 73.5 Å². The molecule has 1 aliphatic heterocycles. The minimum absolute atomic E-state index is 0.184. The third-order valence-corrected chi connectivity index (χ3v) is 4.69. The van der Waals surface area contributed by atoms with Gasteiger partial charge in [0.1, 0.15) is 5.82 Å². The fraction of sp³-hybridized carbons (Fsp3) is 0.364. The lowest BCUT2D eigenvalue weighted by molar-refractivity contribution is -0.116. The highest BCUT2D eigenvalue weighted by molar-refractivity contribution is 6.31. The normalized spacial score (nSPS) is 15.5. The number of nitrogens with zero attached hydrogens (tertiary/aromatic N) is 1. The smallest absolute Gasteiger partial charge is 0.256 e. The van der Waals surface area contributed by atoms with E-state index in [1.54, 1.807) is 25.1 Å². The van der Waals surface area contributed by atoms with E-state index in [-0.39, 0.29) is 11.8 Å². The zero-order chi connectivity index (χ0) is 21.4. The molecule has 2 rings (SSSR count). The van der Waals surface area contributed by atoms with Gasteiger partial charge in [-0.25, -0.2) is 4.39 Å². The van der Waals surface area contributed by atoms with E-state index in [2.05, 4.69) is 34.7 Å². The van der Waals surface area contributed by atoms with Crippen LogP contribution in [0, 0.1) is 5.82 Å². The van der Waals surface area contributed by atoms with Crippen LogP contribution in [0.1, 0.15) is 33.3 Å². The molecule has 1 heterocycles. The van der Waals surface area contributed by atoms with Crippen LogP contribution in [0.3, 0.4) is 0 Å². The monoisotopic (exact) mass is 400 g/mol. The van der Waals surface area contributed by atoms with E-state index in [0.29, 0.717) is 34.8 Å². The zero-order valence-corrected chi connectivity index (χ0v) is 17.4. The molecule has 2 amide bonds. The number of nitrogens with one attached hydrogen (secondary N) is 3. The second-order valence-electron chi connectivity index (χ2n) is 6.72. The van der Waals surface area contributed by atoms with Gasteiger partial charge in [-0.15, -0.1) is 0 Å². The molecule has 1 aliphatic rings. The van der Waals surface area contributed by atoms with E-state index in [0.717, 1.165) is 19.6 Å². The number of amides is 2. The maximum atomic E-state index is 13.6. The van der Waals surface area contributed by atoms with Crippen LogP contribution >= 0.6 is 0 Å². The molecule has 0 radical (unpaired) electrons. The molecule has 0 aromatic heterocycles. The maximum Gasteiger partial charge on any atom is 0.256 e. The van der Waals surface area contributed by atoms with Crippen molar-refractivity contribution < 1.29 is 14.0 Å². The second-order valence-corrected chi connectivity index (χ2v) is 6.72. The van der Waals surface area contributed by atoms with E-state index in [1.165, 1.54) is 18.2 Å². The van der Waals surface area contributed by atoms with Crippen molar-refractivity contribution in [2.75, 3.05) is 31.5 Å². The molecule has 0 atom stereocenters. The summed E-state index contributed by atoms with van der Waals surface area (Å²) in [6, 6.07) is 4.18. The molecule has 0 fully saturated rings. The molecule has 1 aromatic carbocycles. The Labute approximate surface area is 171 Å². The summed E-state index contributed by atoms with van der Waals surface area (Å²) >= 11 is 0. The van der Waals surface area contributed by atoms with Crippen LogP contribution in [-0.4, -0.2) is 42.9 Å². The summed E-state index contributed by atoms with van der Waals surface area (Å²) in [6.07, 6.45) is 4.91. The Kier molecular flexibility index (Phi) is 8.15. The predicted octanol–water partition coefficient (Wildman–Crippen LogP) is 3.02. The van der Waals surface area contributed by atoms with Gasteiger partial charge in [0.15, 0.2) is 0 Å². The van der Waals surface area contributed by atoms with Crippen molar-refractivity contribution in [3.05, 3.63) is 59.2 Å². The van der Waals surface area contributed by atoms with Crippen molar-refractivity contribution in [2.45, 2.75) is 27.7 Å². The van der Waals surface area contributed by atoms with Gasteiger partial charge in [-0.05, 0) is 51.2 Å². The average Bonchev–Trinajstić information content (AvgIpc) is 2.99. The molecule has 0 saturated heterocycles. The van der Waals surface area contributed by atoms with Crippen LogP contribution in [-0.2, 0) is 9.59 Å². The number of allylic oxidation sites excluding steroid dienone is 3. The van der Waals surface area contributed by atoms with Crippen LogP contribution in [0.25, 0.3) is 5.57 Å². The number of halogens is 1. The molecule has 29 heavy (non-hydrogen) atoms. The Bertz CT molecular complexity index is 854. The number of carbonyl (C=O) groups is 2. The van der Waals surface area contributed by atoms with Crippen molar-refractivity contribution in [3.63, 3.8) is 0 Å². The SMILES string of the molecule is C/C=C(\C=C1/C(=O)Nc2ccc(F)cc21)N/C(C)=C/C(=O)NCCN(CC)CC. The summed E-state index contributed by atoms with van der Waals surface area (Å²) in [7, 11) is 0. The third kappa shape index (κ3) is 6.29. The van der Waals surface area contributed by atoms with E-state index in [9.17, 15) is 14.0 Å². The second kappa shape index (κ2) is 10.6. The molecule has 3 N–H and O–H groups in total. The van der Waals surface area contributed by atoms with Gasteiger partial charge in [0.25, 0.3) is 5.91 Å². The molecular formula is C22H29FN4O2. The Morgan fingerprint density at radius 1 is 1.28 bits per heavy atom. The molecule has 1 aromatic rings. The minimum atomic E-state index is -0.404. The molecule has 0 saturated carbocycles.